The van der Waals surface area contributed by atoms with E-state index in [2.05, 4.69) is 49.9 Å². The van der Waals surface area contributed by atoms with Crippen LogP contribution in [0.3, 0.4) is 0 Å². The number of fused-ring (bicyclic) bond motifs is 3. The molecule has 0 spiro atoms. The fourth-order valence-corrected chi connectivity index (χ4v) is 6.69. The molecule has 0 aromatic heterocycles. The van der Waals surface area contributed by atoms with E-state index < -0.39 is 21.1 Å². The van der Waals surface area contributed by atoms with E-state index in [-0.39, 0.29) is 0 Å². The summed E-state index contributed by atoms with van der Waals surface area (Å²) in [4.78, 5) is 2.55. The Bertz CT molecular complexity index is 443. The number of nitrogens with zero attached hydrogens (tertiary/aromatic N) is 1. The second kappa shape index (κ2) is 5.88. The van der Waals surface area contributed by atoms with E-state index in [1.807, 2.05) is 0 Å². The Morgan fingerprint density at radius 1 is 1.10 bits per heavy atom. The molecule has 2 bridgehead atoms. The summed E-state index contributed by atoms with van der Waals surface area (Å²) in [5, 5.41) is 0. The van der Waals surface area contributed by atoms with Crippen molar-refractivity contribution < 1.29 is 4.74 Å². The molecule has 1 aromatic rings. The molecule has 1 aromatic carbocycles. The van der Waals surface area contributed by atoms with Gasteiger partial charge in [-0.3, -0.25) is 0 Å². The molecule has 0 aliphatic carbocycles. The van der Waals surface area contributed by atoms with Gasteiger partial charge in [0.15, 0.2) is 0 Å². The first-order valence-corrected chi connectivity index (χ1v) is 10.6. The van der Waals surface area contributed by atoms with Crippen LogP contribution in [-0.4, -0.2) is 51.8 Å². The summed E-state index contributed by atoms with van der Waals surface area (Å²) in [6.45, 7) is 10.8. The Morgan fingerprint density at radius 2 is 1.75 bits per heavy atom. The van der Waals surface area contributed by atoms with E-state index in [0.29, 0.717) is 9.53 Å². The van der Waals surface area contributed by atoms with Gasteiger partial charge in [0.2, 0.25) is 0 Å². The van der Waals surface area contributed by atoms with E-state index in [4.69, 9.17) is 4.74 Å². The molecule has 0 N–H and O–H groups in total. The summed E-state index contributed by atoms with van der Waals surface area (Å²) in [6, 6.07) is 8.99. The van der Waals surface area contributed by atoms with Crippen molar-refractivity contribution in [2.75, 3.05) is 19.6 Å². The van der Waals surface area contributed by atoms with Gasteiger partial charge in [-0.1, -0.05) is 0 Å². The van der Waals surface area contributed by atoms with Crippen molar-refractivity contribution in [2.24, 2.45) is 5.92 Å². The fourth-order valence-electron chi connectivity index (χ4n) is 3.27. The first-order chi connectivity index (χ1) is 9.49. The molecule has 3 saturated heterocycles. The fraction of sp³-hybridized carbons (Fsp3) is 0.647. The van der Waals surface area contributed by atoms with Gasteiger partial charge in [0.1, 0.15) is 0 Å². The maximum absolute atomic E-state index is 6.25. The Hall–Kier alpha value is -0.221. The second-order valence-corrected chi connectivity index (χ2v) is 13.8. The molecule has 2 nitrogen and oxygen atoms in total. The van der Waals surface area contributed by atoms with Gasteiger partial charge >= 0.3 is 133 Å². The third-order valence-corrected chi connectivity index (χ3v) is 8.17. The Morgan fingerprint density at radius 3 is 2.25 bits per heavy atom. The molecule has 3 aliphatic rings. The molecule has 20 heavy (non-hydrogen) atoms. The maximum atomic E-state index is 6.25. The van der Waals surface area contributed by atoms with Crippen molar-refractivity contribution in [3.8, 4) is 5.75 Å². The zero-order valence-corrected chi connectivity index (χ0v) is 15.7. The molecule has 108 valence electrons. The van der Waals surface area contributed by atoms with Crippen LogP contribution in [0.4, 0.5) is 0 Å². The predicted octanol–water partition coefficient (Wildman–Crippen LogP) is 2.71. The van der Waals surface area contributed by atoms with Gasteiger partial charge in [0, 0.05) is 0 Å². The Kier molecular flexibility index (Phi) is 4.32. The molecule has 0 amide bonds. The minimum atomic E-state index is -0.485. The molecular weight excluding hydrogens is 353 g/mol. The van der Waals surface area contributed by atoms with Crippen LogP contribution in [0.1, 0.15) is 33.6 Å². The molecule has 1 atom stereocenters. The number of rotatable bonds is 3. The quantitative estimate of drug-likeness (QED) is 0.751. The summed E-state index contributed by atoms with van der Waals surface area (Å²) >= 11 is -0.485. The number of benzene rings is 1. The van der Waals surface area contributed by atoms with E-state index in [0.717, 1.165) is 18.2 Å². The Balaban J connectivity index is 1.61. The summed E-state index contributed by atoms with van der Waals surface area (Å²) in [5.74, 6) is 1.85. The molecule has 3 heterocycles. The molecule has 0 unspecified atom stereocenters. The first kappa shape index (κ1) is 14.7. The molecule has 4 rings (SSSR count). The van der Waals surface area contributed by atoms with Gasteiger partial charge in [0.25, 0.3) is 0 Å². The zero-order chi connectivity index (χ0) is 14.2. The van der Waals surface area contributed by atoms with Crippen LogP contribution in [0.25, 0.3) is 0 Å². The molecule has 3 fully saturated rings. The van der Waals surface area contributed by atoms with Crippen molar-refractivity contribution in [3.63, 3.8) is 0 Å². The van der Waals surface area contributed by atoms with Crippen LogP contribution in [0.5, 0.6) is 5.75 Å². The van der Waals surface area contributed by atoms with Crippen LogP contribution in [-0.2, 0) is 0 Å². The van der Waals surface area contributed by atoms with Gasteiger partial charge in [-0.05, 0) is 0 Å². The monoisotopic (exact) mass is 379 g/mol. The molecule has 0 saturated carbocycles. The standard InChI is InChI=1S/C13H16NO.C4H9.Sn/c1-2-4-12(5-3-1)15-13-10-14-8-6-11(13)7-9-14;1-4(2)3;/h2-5,11,13H,6-10H2;1-3H3;/t13-;;/m0../s1. The normalized spacial score (nSPS) is 29.4. The van der Waals surface area contributed by atoms with E-state index in [9.17, 15) is 0 Å². The summed E-state index contributed by atoms with van der Waals surface area (Å²) in [7, 11) is 0. The molecular formula is C17H25NOSn. The van der Waals surface area contributed by atoms with Crippen LogP contribution in [0, 0.1) is 5.92 Å². The van der Waals surface area contributed by atoms with Crippen LogP contribution >= 0.6 is 0 Å². The average Bonchev–Trinajstić information content (AvgIpc) is 2.41. The number of hydrogen-bond donors (Lipinski definition) is 0. The SMILES string of the molecule is C[C](C)(C)[Sn][c]1ccc(O[C@H]2CN3CCC2CC3)cc1. The predicted molar refractivity (Wildman–Crippen MR) is 85.1 cm³/mol. The van der Waals surface area contributed by atoms with Crippen molar-refractivity contribution in [1.82, 2.24) is 4.90 Å². The van der Waals surface area contributed by atoms with Gasteiger partial charge in [-0.2, -0.15) is 0 Å². The summed E-state index contributed by atoms with van der Waals surface area (Å²) in [5.41, 5.74) is 0. The second-order valence-electron chi connectivity index (χ2n) is 7.19. The third-order valence-electron chi connectivity index (χ3n) is 4.26. The topological polar surface area (TPSA) is 12.5 Å². The van der Waals surface area contributed by atoms with E-state index >= 15 is 0 Å². The Labute approximate surface area is 133 Å². The van der Waals surface area contributed by atoms with Crippen molar-refractivity contribution in [1.29, 1.82) is 0 Å². The van der Waals surface area contributed by atoms with Crippen molar-refractivity contribution in [3.05, 3.63) is 24.3 Å². The minimum absolute atomic E-state index is 0.422. The molecule has 3 aliphatic heterocycles. The van der Waals surface area contributed by atoms with E-state index in [1.54, 1.807) is 3.58 Å². The van der Waals surface area contributed by atoms with Gasteiger partial charge in [-0.25, -0.2) is 0 Å². The van der Waals surface area contributed by atoms with Gasteiger partial charge < -0.3 is 0 Å². The van der Waals surface area contributed by atoms with Gasteiger partial charge in [0.05, 0.1) is 0 Å². The molecule has 3 heteroatoms. The number of piperidine rings is 3. The van der Waals surface area contributed by atoms with Crippen LogP contribution in [0.2, 0.25) is 3.43 Å². The summed E-state index contributed by atoms with van der Waals surface area (Å²) in [6.07, 6.45) is 3.06. The summed E-state index contributed by atoms with van der Waals surface area (Å²) < 4.78 is 8.34. The third kappa shape index (κ3) is 3.70. The zero-order valence-electron chi connectivity index (χ0n) is 12.9. The van der Waals surface area contributed by atoms with Gasteiger partial charge in [-0.15, -0.1) is 0 Å². The van der Waals surface area contributed by atoms with Crippen LogP contribution in [0.15, 0.2) is 24.3 Å². The van der Waals surface area contributed by atoms with Crippen molar-refractivity contribution >= 4 is 24.7 Å². The number of hydrogen-bond acceptors (Lipinski definition) is 2. The van der Waals surface area contributed by atoms with Crippen molar-refractivity contribution in [2.45, 2.75) is 43.1 Å². The average molecular weight is 378 g/mol. The molecule has 2 radical (unpaired) electrons. The van der Waals surface area contributed by atoms with E-state index in [1.165, 1.54) is 25.9 Å². The number of ether oxygens (including phenoxy) is 1. The first-order valence-electron chi connectivity index (χ1n) is 7.77. The van der Waals surface area contributed by atoms with Crippen LogP contribution < -0.4 is 8.32 Å².